The molecule has 1 aromatic carbocycles. The summed E-state index contributed by atoms with van der Waals surface area (Å²) in [7, 11) is 0. The molecule has 2 amide bonds. The van der Waals surface area contributed by atoms with E-state index in [1.165, 1.54) is 4.90 Å². The molecule has 1 heterocycles. The zero-order valence-corrected chi connectivity index (χ0v) is 14.1. The molecule has 1 fully saturated rings. The molecule has 2 atom stereocenters. The Kier molecular flexibility index (Phi) is 4.71. The molecule has 0 aromatic heterocycles. The first kappa shape index (κ1) is 16.7. The second-order valence-corrected chi connectivity index (χ2v) is 6.62. The van der Waals surface area contributed by atoms with E-state index >= 15 is 0 Å². The molecule has 1 aliphatic heterocycles. The van der Waals surface area contributed by atoms with Gasteiger partial charge in [0.25, 0.3) is 0 Å². The molecule has 0 spiro atoms. The highest BCUT2D eigenvalue weighted by atomic mass is 35.5. The van der Waals surface area contributed by atoms with Gasteiger partial charge in [0.15, 0.2) is 0 Å². The number of nitrogens with zero attached hydrogens (tertiary/aromatic N) is 1. The van der Waals surface area contributed by atoms with Crippen LogP contribution in [0.25, 0.3) is 0 Å². The molecule has 3 rings (SSSR count). The number of hydrogen-bond donors (Lipinski definition) is 0. The standard InChI is InChI=1S/C18H18ClNO4/c1-11-2-4-12(5-3-11)18(23)24-9-8-20-16(21)14-7-6-13(19)10-15(14)17(20)22/h2-6,14-15H,7-10H2,1H3. The van der Waals surface area contributed by atoms with Crippen molar-refractivity contribution < 1.29 is 19.1 Å². The summed E-state index contributed by atoms with van der Waals surface area (Å²) in [6.07, 6.45) is 2.71. The van der Waals surface area contributed by atoms with E-state index in [4.69, 9.17) is 16.3 Å². The van der Waals surface area contributed by atoms with E-state index in [1.807, 2.05) is 19.1 Å². The van der Waals surface area contributed by atoms with Crippen molar-refractivity contribution in [1.82, 2.24) is 4.90 Å². The average Bonchev–Trinajstić information content (AvgIpc) is 2.79. The van der Waals surface area contributed by atoms with Gasteiger partial charge in [-0.1, -0.05) is 35.4 Å². The lowest BCUT2D eigenvalue weighted by atomic mass is 9.85. The molecule has 126 valence electrons. The van der Waals surface area contributed by atoms with E-state index < -0.39 is 5.97 Å². The predicted octanol–water partition coefficient (Wildman–Crippen LogP) is 2.67. The van der Waals surface area contributed by atoms with Crippen LogP contribution in [0.15, 0.2) is 35.4 Å². The van der Waals surface area contributed by atoms with Gasteiger partial charge in [-0.3, -0.25) is 14.5 Å². The summed E-state index contributed by atoms with van der Waals surface area (Å²) in [6, 6.07) is 7.02. The van der Waals surface area contributed by atoms with Crippen molar-refractivity contribution in [2.45, 2.75) is 19.8 Å². The first-order valence-corrected chi connectivity index (χ1v) is 8.28. The average molecular weight is 348 g/mol. The van der Waals surface area contributed by atoms with Crippen molar-refractivity contribution in [1.29, 1.82) is 0 Å². The number of allylic oxidation sites excluding steroid dienone is 2. The number of likely N-dealkylation sites (tertiary alicyclic amines) is 1. The summed E-state index contributed by atoms with van der Waals surface area (Å²) >= 11 is 5.98. The molecule has 5 nitrogen and oxygen atoms in total. The smallest absolute Gasteiger partial charge is 0.338 e. The number of imide groups is 1. The molecule has 0 radical (unpaired) electrons. The van der Waals surface area contributed by atoms with Crippen LogP contribution in [0.1, 0.15) is 28.8 Å². The molecule has 0 saturated carbocycles. The molecule has 1 aliphatic carbocycles. The van der Waals surface area contributed by atoms with Crippen molar-refractivity contribution in [3.63, 3.8) is 0 Å². The van der Waals surface area contributed by atoms with Gasteiger partial charge in [-0.25, -0.2) is 4.79 Å². The maximum Gasteiger partial charge on any atom is 0.338 e. The van der Waals surface area contributed by atoms with Gasteiger partial charge in [0.05, 0.1) is 23.9 Å². The van der Waals surface area contributed by atoms with Gasteiger partial charge in [-0.05, 0) is 31.9 Å². The molecule has 0 bridgehead atoms. The minimum Gasteiger partial charge on any atom is -0.460 e. The second kappa shape index (κ2) is 6.77. The fourth-order valence-electron chi connectivity index (χ4n) is 3.12. The Labute approximate surface area is 145 Å². The Morgan fingerprint density at radius 2 is 1.88 bits per heavy atom. The number of halogens is 1. The quantitative estimate of drug-likeness (QED) is 0.620. The highest BCUT2D eigenvalue weighted by molar-refractivity contribution is 6.30. The summed E-state index contributed by atoms with van der Waals surface area (Å²) < 4.78 is 5.18. The van der Waals surface area contributed by atoms with E-state index in [9.17, 15) is 14.4 Å². The van der Waals surface area contributed by atoms with Crippen LogP contribution >= 0.6 is 11.6 Å². The van der Waals surface area contributed by atoms with Gasteiger partial charge >= 0.3 is 5.97 Å². The van der Waals surface area contributed by atoms with Crippen LogP contribution in [-0.4, -0.2) is 35.8 Å². The van der Waals surface area contributed by atoms with E-state index in [0.29, 0.717) is 23.4 Å². The monoisotopic (exact) mass is 347 g/mol. The van der Waals surface area contributed by atoms with Crippen LogP contribution in [0.4, 0.5) is 0 Å². The van der Waals surface area contributed by atoms with Crippen LogP contribution in [0, 0.1) is 18.8 Å². The van der Waals surface area contributed by atoms with Gasteiger partial charge in [0.2, 0.25) is 11.8 Å². The summed E-state index contributed by atoms with van der Waals surface area (Å²) in [5.41, 5.74) is 1.50. The third-order valence-corrected chi connectivity index (χ3v) is 4.80. The van der Waals surface area contributed by atoms with Gasteiger partial charge in [0.1, 0.15) is 6.61 Å². The Morgan fingerprint density at radius 1 is 1.21 bits per heavy atom. The Hall–Kier alpha value is -2.14. The summed E-state index contributed by atoms with van der Waals surface area (Å²) in [5, 5.41) is 0.630. The van der Waals surface area contributed by atoms with E-state index in [-0.39, 0.29) is 36.8 Å². The minimum absolute atomic E-state index is 0.00914. The number of hydrogen-bond acceptors (Lipinski definition) is 4. The number of benzene rings is 1. The Morgan fingerprint density at radius 3 is 2.58 bits per heavy atom. The normalized spacial score (nSPS) is 23.1. The Balaban J connectivity index is 1.55. The van der Waals surface area contributed by atoms with Gasteiger partial charge in [-0.15, -0.1) is 0 Å². The molecular formula is C18H18ClNO4. The number of ether oxygens (including phenoxy) is 1. The highest BCUT2D eigenvalue weighted by Crippen LogP contribution is 2.38. The fourth-order valence-corrected chi connectivity index (χ4v) is 3.37. The maximum atomic E-state index is 12.4. The third kappa shape index (κ3) is 3.22. The lowest BCUT2D eigenvalue weighted by Crippen LogP contribution is -2.34. The first-order valence-electron chi connectivity index (χ1n) is 7.91. The molecule has 2 aliphatic rings. The number of fused-ring (bicyclic) bond motifs is 1. The lowest BCUT2D eigenvalue weighted by Gasteiger charge is -2.17. The van der Waals surface area contributed by atoms with Crippen LogP contribution in [0.3, 0.4) is 0 Å². The molecule has 0 N–H and O–H groups in total. The fraction of sp³-hybridized carbons (Fsp3) is 0.389. The molecule has 2 unspecified atom stereocenters. The number of carbonyl (C=O) groups is 3. The second-order valence-electron chi connectivity index (χ2n) is 6.13. The summed E-state index contributed by atoms with van der Waals surface area (Å²) in [5.74, 6) is -1.58. The van der Waals surface area contributed by atoms with E-state index in [2.05, 4.69) is 0 Å². The van der Waals surface area contributed by atoms with Gasteiger partial charge < -0.3 is 4.74 Å². The highest BCUT2D eigenvalue weighted by Gasteiger charge is 2.48. The predicted molar refractivity (Wildman–Crippen MR) is 88.3 cm³/mol. The SMILES string of the molecule is Cc1ccc(C(=O)OCCN2C(=O)C3CC=C(Cl)CC3C2=O)cc1. The van der Waals surface area contributed by atoms with Crippen molar-refractivity contribution in [3.8, 4) is 0 Å². The number of carbonyl (C=O) groups excluding carboxylic acids is 3. The summed E-state index contributed by atoms with van der Waals surface area (Å²) in [6.45, 7) is 2.00. The summed E-state index contributed by atoms with van der Waals surface area (Å²) in [4.78, 5) is 37.8. The van der Waals surface area contributed by atoms with Crippen molar-refractivity contribution in [2.75, 3.05) is 13.2 Å². The molecule has 6 heteroatoms. The zero-order valence-electron chi connectivity index (χ0n) is 13.3. The number of aryl methyl sites for hydroxylation is 1. The molecule has 1 saturated heterocycles. The molecule has 24 heavy (non-hydrogen) atoms. The third-order valence-electron chi connectivity index (χ3n) is 4.50. The van der Waals surface area contributed by atoms with Crippen LogP contribution in [-0.2, 0) is 14.3 Å². The maximum absolute atomic E-state index is 12.4. The van der Waals surface area contributed by atoms with Crippen LogP contribution in [0.2, 0.25) is 0 Å². The van der Waals surface area contributed by atoms with Crippen molar-refractivity contribution in [2.24, 2.45) is 11.8 Å². The number of amides is 2. The van der Waals surface area contributed by atoms with Gasteiger partial charge in [-0.2, -0.15) is 0 Å². The lowest BCUT2D eigenvalue weighted by molar-refractivity contribution is -0.140. The molecular weight excluding hydrogens is 330 g/mol. The van der Waals surface area contributed by atoms with Crippen LogP contribution in [0.5, 0.6) is 0 Å². The number of rotatable bonds is 4. The number of esters is 1. The van der Waals surface area contributed by atoms with E-state index in [1.54, 1.807) is 18.2 Å². The van der Waals surface area contributed by atoms with Crippen LogP contribution < -0.4 is 0 Å². The minimum atomic E-state index is -0.462. The first-order chi connectivity index (χ1) is 11.5. The zero-order chi connectivity index (χ0) is 17.3. The van der Waals surface area contributed by atoms with Gasteiger partial charge in [0, 0.05) is 5.03 Å². The van der Waals surface area contributed by atoms with Crippen molar-refractivity contribution in [3.05, 3.63) is 46.5 Å². The Bertz CT molecular complexity index is 710. The molecule has 1 aromatic rings. The largest absolute Gasteiger partial charge is 0.460 e. The van der Waals surface area contributed by atoms with E-state index in [0.717, 1.165) is 5.56 Å². The topological polar surface area (TPSA) is 63.7 Å². The van der Waals surface area contributed by atoms with Crippen molar-refractivity contribution >= 4 is 29.4 Å².